The number of thioether (sulfide) groups is 1. The van der Waals surface area contributed by atoms with E-state index in [2.05, 4.69) is 26.1 Å². The first-order valence-corrected chi connectivity index (χ1v) is 13.3. The fourth-order valence-corrected chi connectivity index (χ4v) is 5.59. The Morgan fingerprint density at radius 2 is 1.81 bits per heavy atom. The van der Waals surface area contributed by atoms with Gasteiger partial charge in [-0.25, -0.2) is 0 Å². The standard InChI is InChI=1S/C27H27BrN4O4S/c1-17-8-10-20(11-9-17)16-36-26-23(28)13-21(14-24(26)35-4)25(15-31(33)34)37-27-30-29-19(3)32(27)22-7-5-6-18(2)12-22/h5-14,25H,15-16H2,1-4H3/t25-/m1/s1. The second kappa shape index (κ2) is 11.8. The molecule has 10 heteroatoms. The summed E-state index contributed by atoms with van der Waals surface area (Å²) in [4.78, 5) is 11.3. The van der Waals surface area contributed by atoms with Crippen molar-refractivity contribution in [3.05, 3.63) is 103 Å². The number of nitro groups is 1. The van der Waals surface area contributed by atoms with Gasteiger partial charge in [0.25, 0.3) is 0 Å². The molecule has 0 fully saturated rings. The van der Waals surface area contributed by atoms with Gasteiger partial charge in [-0.05, 0) is 77.7 Å². The number of aromatic nitrogens is 3. The highest BCUT2D eigenvalue weighted by atomic mass is 79.9. The van der Waals surface area contributed by atoms with E-state index in [4.69, 9.17) is 9.47 Å². The highest BCUT2D eigenvalue weighted by Crippen LogP contribution is 2.43. The predicted octanol–water partition coefficient (Wildman–Crippen LogP) is 6.65. The zero-order valence-electron chi connectivity index (χ0n) is 21.0. The molecule has 0 aliphatic carbocycles. The minimum absolute atomic E-state index is 0.302. The lowest BCUT2D eigenvalue weighted by atomic mass is 10.1. The molecule has 0 N–H and O–H groups in total. The predicted molar refractivity (Wildman–Crippen MR) is 147 cm³/mol. The third kappa shape index (κ3) is 6.50. The fraction of sp³-hybridized carbons (Fsp3) is 0.259. The lowest BCUT2D eigenvalue weighted by Crippen LogP contribution is -2.12. The van der Waals surface area contributed by atoms with Gasteiger partial charge in [-0.2, -0.15) is 0 Å². The number of nitrogens with zero attached hydrogens (tertiary/aromatic N) is 4. The van der Waals surface area contributed by atoms with Gasteiger partial charge in [0.15, 0.2) is 16.7 Å². The molecular formula is C27H27BrN4O4S. The second-order valence-electron chi connectivity index (χ2n) is 8.63. The number of ether oxygens (including phenoxy) is 2. The summed E-state index contributed by atoms with van der Waals surface area (Å²) >= 11 is 4.88. The van der Waals surface area contributed by atoms with Crippen molar-refractivity contribution in [3.63, 3.8) is 0 Å². The second-order valence-corrected chi connectivity index (χ2v) is 10.7. The van der Waals surface area contributed by atoms with Gasteiger partial charge < -0.3 is 9.47 Å². The Hall–Kier alpha value is -3.37. The quantitative estimate of drug-likeness (QED) is 0.117. The zero-order chi connectivity index (χ0) is 26.5. The normalized spacial score (nSPS) is 11.8. The van der Waals surface area contributed by atoms with Crippen LogP contribution in [-0.4, -0.2) is 33.3 Å². The molecule has 0 unspecified atom stereocenters. The summed E-state index contributed by atoms with van der Waals surface area (Å²) < 4.78 is 14.3. The first-order valence-electron chi connectivity index (χ1n) is 11.6. The van der Waals surface area contributed by atoms with Crippen molar-refractivity contribution in [1.29, 1.82) is 0 Å². The average Bonchev–Trinajstić information content (AvgIpc) is 3.23. The Balaban J connectivity index is 1.65. The molecule has 0 spiro atoms. The summed E-state index contributed by atoms with van der Waals surface area (Å²) in [6.45, 7) is 5.97. The van der Waals surface area contributed by atoms with E-state index in [0.717, 1.165) is 16.8 Å². The topological polar surface area (TPSA) is 92.3 Å². The summed E-state index contributed by atoms with van der Waals surface area (Å²) in [6.07, 6.45) is 0. The molecule has 4 aromatic rings. The molecular weight excluding hydrogens is 556 g/mol. The SMILES string of the molecule is COc1cc([C@@H](C[N+](=O)[O-])Sc2nnc(C)n2-c2cccc(C)c2)cc(Br)c1OCc1ccc(C)cc1. The van der Waals surface area contributed by atoms with Gasteiger partial charge in [0, 0.05) is 10.6 Å². The van der Waals surface area contributed by atoms with Crippen LogP contribution in [0.25, 0.3) is 5.69 Å². The molecule has 0 bridgehead atoms. The molecule has 0 saturated heterocycles. The maximum Gasteiger partial charge on any atom is 0.220 e. The van der Waals surface area contributed by atoms with Crippen LogP contribution in [-0.2, 0) is 6.61 Å². The highest BCUT2D eigenvalue weighted by molar-refractivity contribution is 9.10. The molecule has 4 rings (SSSR count). The summed E-state index contributed by atoms with van der Waals surface area (Å²) in [5, 5.41) is 20.3. The van der Waals surface area contributed by atoms with E-state index in [1.807, 2.05) is 79.9 Å². The van der Waals surface area contributed by atoms with Crippen molar-refractivity contribution in [3.8, 4) is 17.2 Å². The van der Waals surface area contributed by atoms with E-state index < -0.39 is 5.25 Å². The minimum atomic E-state index is -0.543. The number of hydrogen-bond donors (Lipinski definition) is 0. The number of benzene rings is 3. The van der Waals surface area contributed by atoms with Crippen molar-refractivity contribution < 1.29 is 14.4 Å². The summed E-state index contributed by atoms with van der Waals surface area (Å²) in [6, 6.07) is 19.7. The van der Waals surface area contributed by atoms with E-state index in [0.29, 0.717) is 39.1 Å². The Bertz CT molecular complexity index is 1410. The van der Waals surface area contributed by atoms with Crippen molar-refractivity contribution in [2.45, 2.75) is 37.8 Å². The molecule has 37 heavy (non-hydrogen) atoms. The molecule has 3 aromatic carbocycles. The Morgan fingerprint density at radius 3 is 2.49 bits per heavy atom. The van der Waals surface area contributed by atoms with Crippen molar-refractivity contribution >= 4 is 27.7 Å². The van der Waals surface area contributed by atoms with Gasteiger partial charge in [0.2, 0.25) is 6.54 Å². The van der Waals surface area contributed by atoms with E-state index in [1.54, 1.807) is 13.2 Å². The molecule has 192 valence electrons. The fourth-order valence-electron chi connectivity index (χ4n) is 3.86. The minimum Gasteiger partial charge on any atom is -0.493 e. The average molecular weight is 584 g/mol. The van der Waals surface area contributed by atoms with Crippen LogP contribution in [0.1, 0.15) is 33.3 Å². The van der Waals surface area contributed by atoms with Gasteiger partial charge >= 0.3 is 0 Å². The molecule has 1 heterocycles. The van der Waals surface area contributed by atoms with Gasteiger partial charge in [-0.3, -0.25) is 14.7 Å². The van der Waals surface area contributed by atoms with Gasteiger partial charge in [0.1, 0.15) is 17.7 Å². The van der Waals surface area contributed by atoms with Crippen molar-refractivity contribution in [2.75, 3.05) is 13.7 Å². The monoisotopic (exact) mass is 582 g/mol. The van der Waals surface area contributed by atoms with Crippen LogP contribution < -0.4 is 9.47 Å². The Labute approximate surface area is 228 Å². The molecule has 0 saturated carbocycles. The highest BCUT2D eigenvalue weighted by Gasteiger charge is 2.26. The largest absolute Gasteiger partial charge is 0.493 e. The first kappa shape index (κ1) is 26.7. The molecule has 8 nitrogen and oxygen atoms in total. The van der Waals surface area contributed by atoms with Crippen LogP contribution in [0.15, 0.2) is 70.3 Å². The number of halogens is 1. The van der Waals surface area contributed by atoms with Gasteiger partial charge in [0.05, 0.1) is 11.6 Å². The van der Waals surface area contributed by atoms with E-state index >= 15 is 0 Å². The Kier molecular flexibility index (Phi) is 8.50. The third-order valence-corrected chi connectivity index (χ3v) is 7.51. The molecule has 0 radical (unpaired) electrons. The van der Waals surface area contributed by atoms with Gasteiger partial charge in [-0.15, -0.1) is 10.2 Å². The van der Waals surface area contributed by atoms with Crippen LogP contribution in [0.2, 0.25) is 0 Å². The number of hydrogen-bond acceptors (Lipinski definition) is 7. The number of methoxy groups -OCH3 is 1. The van der Waals surface area contributed by atoms with E-state index in [-0.39, 0.29) is 11.5 Å². The maximum absolute atomic E-state index is 11.6. The van der Waals surface area contributed by atoms with Crippen LogP contribution >= 0.6 is 27.7 Å². The van der Waals surface area contributed by atoms with Crippen LogP contribution in [0.5, 0.6) is 11.5 Å². The van der Waals surface area contributed by atoms with Crippen LogP contribution in [0, 0.1) is 30.9 Å². The summed E-state index contributed by atoms with van der Waals surface area (Å²) in [5.74, 6) is 1.73. The third-order valence-electron chi connectivity index (χ3n) is 5.74. The maximum atomic E-state index is 11.6. The van der Waals surface area contributed by atoms with Crippen molar-refractivity contribution in [2.24, 2.45) is 0 Å². The molecule has 0 aliphatic heterocycles. The van der Waals surface area contributed by atoms with Crippen LogP contribution in [0.3, 0.4) is 0 Å². The summed E-state index contributed by atoms with van der Waals surface area (Å²) in [5.41, 5.74) is 4.91. The zero-order valence-corrected chi connectivity index (χ0v) is 23.4. The number of rotatable bonds is 10. The summed E-state index contributed by atoms with van der Waals surface area (Å²) in [7, 11) is 1.55. The van der Waals surface area contributed by atoms with E-state index in [9.17, 15) is 10.1 Å². The lowest BCUT2D eigenvalue weighted by molar-refractivity contribution is -0.479. The molecule has 1 aromatic heterocycles. The number of aryl methyl sites for hydroxylation is 3. The Morgan fingerprint density at radius 1 is 1.05 bits per heavy atom. The smallest absolute Gasteiger partial charge is 0.220 e. The first-order chi connectivity index (χ1) is 17.7. The molecule has 0 aliphatic rings. The molecule has 0 amide bonds. The van der Waals surface area contributed by atoms with E-state index in [1.165, 1.54) is 17.3 Å². The van der Waals surface area contributed by atoms with Gasteiger partial charge in [-0.1, -0.05) is 53.7 Å². The van der Waals surface area contributed by atoms with Crippen LogP contribution in [0.4, 0.5) is 0 Å². The van der Waals surface area contributed by atoms with Crippen molar-refractivity contribution in [1.82, 2.24) is 14.8 Å². The lowest BCUT2D eigenvalue weighted by Gasteiger charge is -2.18. The molecule has 1 atom stereocenters.